The lowest BCUT2D eigenvalue weighted by Gasteiger charge is -2.24. The van der Waals surface area contributed by atoms with Crippen molar-refractivity contribution in [2.24, 2.45) is 5.73 Å². The molecule has 0 radical (unpaired) electrons. The van der Waals surface area contributed by atoms with Crippen molar-refractivity contribution in [2.75, 3.05) is 19.8 Å². The van der Waals surface area contributed by atoms with Crippen LogP contribution in [0.15, 0.2) is 0 Å². The molecule has 1 rings (SSSR count). The summed E-state index contributed by atoms with van der Waals surface area (Å²) in [6.45, 7) is 3.14. The van der Waals surface area contributed by atoms with Crippen LogP contribution in [0.1, 0.15) is 19.8 Å². The van der Waals surface area contributed by atoms with E-state index in [1.165, 1.54) is 0 Å². The van der Waals surface area contributed by atoms with Crippen LogP contribution in [0.5, 0.6) is 0 Å². The van der Waals surface area contributed by atoms with Gasteiger partial charge in [0.05, 0.1) is 6.61 Å². The van der Waals surface area contributed by atoms with E-state index in [2.05, 4.69) is 10.1 Å². The van der Waals surface area contributed by atoms with Crippen LogP contribution in [-0.4, -0.2) is 43.8 Å². The Balaban J connectivity index is 2.35. The predicted molar refractivity (Wildman–Crippen MR) is 56.6 cm³/mol. The second-order valence-electron chi connectivity index (χ2n) is 3.62. The number of carbonyl (C=O) groups is 2. The molecule has 6 heteroatoms. The smallest absolute Gasteiger partial charge is 0.332 e. The van der Waals surface area contributed by atoms with Crippen molar-refractivity contribution in [2.45, 2.75) is 31.8 Å². The Morgan fingerprint density at radius 2 is 2.12 bits per heavy atom. The number of esters is 1. The molecule has 0 aromatic rings. The molecule has 0 aliphatic carbocycles. The first kappa shape index (κ1) is 12.9. The van der Waals surface area contributed by atoms with Crippen molar-refractivity contribution >= 4 is 11.9 Å². The van der Waals surface area contributed by atoms with Crippen molar-refractivity contribution in [3.05, 3.63) is 0 Å². The Labute approximate surface area is 94.5 Å². The number of ether oxygens (including phenoxy) is 2. The second-order valence-corrected chi connectivity index (χ2v) is 3.62. The number of rotatable bonds is 4. The van der Waals surface area contributed by atoms with Gasteiger partial charge in [-0.3, -0.25) is 4.79 Å². The number of hydrogen-bond donors (Lipinski definition) is 2. The monoisotopic (exact) mass is 230 g/mol. The van der Waals surface area contributed by atoms with Gasteiger partial charge in [-0.15, -0.1) is 0 Å². The first-order chi connectivity index (χ1) is 7.65. The Morgan fingerprint density at radius 1 is 1.50 bits per heavy atom. The van der Waals surface area contributed by atoms with Crippen LogP contribution in [0.3, 0.4) is 0 Å². The van der Waals surface area contributed by atoms with Crippen LogP contribution in [0.25, 0.3) is 0 Å². The summed E-state index contributed by atoms with van der Waals surface area (Å²) < 4.78 is 9.82. The lowest BCUT2D eigenvalue weighted by molar-refractivity contribution is -0.148. The van der Waals surface area contributed by atoms with E-state index < -0.39 is 17.9 Å². The summed E-state index contributed by atoms with van der Waals surface area (Å²) in [5, 5.41) is 2.71. The highest BCUT2D eigenvalue weighted by Crippen LogP contribution is 2.06. The fourth-order valence-corrected chi connectivity index (χ4v) is 1.47. The van der Waals surface area contributed by atoms with Crippen molar-refractivity contribution in [3.63, 3.8) is 0 Å². The molecule has 1 heterocycles. The Morgan fingerprint density at radius 3 is 2.69 bits per heavy atom. The molecule has 1 atom stereocenters. The van der Waals surface area contributed by atoms with E-state index >= 15 is 0 Å². The topological polar surface area (TPSA) is 90.7 Å². The fraction of sp³-hybridized carbons (Fsp3) is 0.800. The molecule has 1 aliphatic heterocycles. The third kappa shape index (κ3) is 3.79. The molecular formula is C10H18N2O4. The largest absolute Gasteiger partial charge is 0.464 e. The number of nitrogens with one attached hydrogen (secondary N) is 1. The highest BCUT2D eigenvalue weighted by atomic mass is 16.5. The normalized spacial score (nSPS) is 18.9. The van der Waals surface area contributed by atoms with E-state index in [1.807, 2.05) is 0 Å². The third-order valence-corrected chi connectivity index (χ3v) is 2.39. The van der Waals surface area contributed by atoms with Crippen LogP contribution in [0, 0.1) is 0 Å². The van der Waals surface area contributed by atoms with Crippen LogP contribution < -0.4 is 11.1 Å². The molecule has 6 nitrogen and oxygen atoms in total. The number of nitrogens with two attached hydrogens (primary N) is 1. The van der Waals surface area contributed by atoms with Crippen molar-refractivity contribution in [1.82, 2.24) is 5.32 Å². The van der Waals surface area contributed by atoms with Crippen molar-refractivity contribution in [3.8, 4) is 0 Å². The van der Waals surface area contributed by atoms with Gasteiger partial charge in [-0.05, 0) is 19.8 Å². The van der Waals surface area contributed by atoms with Crippen LogP contribution in [0.4, 0.5) is 0 Å². The summed E-state index contributed by atoms with van der Waals surface area (Å²) in [5.74, 6) is -1.17. The minimum absolute atomic E-state index is 0.0433. The lowest BCUT2D eigenvalue weighted by atomic mass is 10.1. The molecule has 16 heavy (non-hydrogen) atoms. The zero-order valence-electron chi connectivity index (χ0n) is 9.40. The average Bonchev–Trinajstić information content (AvgIpc) is 2.29. The second kappa shape index (κ2) is 6.44. The summed E-state index contributed by atoms with van der Waals surface area (Å²) in [7, 11) is 0. The summed E-state index contributed by atoms with van der Waals surface area (Å²) >= 11 is 0. The van der Waals surface area contributed by atoms with Gasteiger partial charge in [0.15, 0.2) is 6.04 Å². The minimum atomic E-state index is -1.23. The first-order valence-corrected chi connectivity index (χ1v) is 5.45. The molecule has 1 unspecified atom stereocenters. The van der Waals surface area contributed by atoms with Gasteiger partial charge >= 0.3 is 5.97 Å². The van der Waals surface area contributed by atoms with E-state index in [1.54, 1.807) is 6.92 Å². The standard InChI is InChI=1S/C10H18N2O4/c1-2-16-10(14)8(11)9(13)12-7-3-5-15-6-4-7/h7-8H,2-6,11H2,1H3,(H,12,13). The van der Waals surface area contributed by atoms with Gasteiger partial charge in [-0.2, -0.15) is 0 Å². The van der Waals surface area contributed by atoms with Gasteiger partial charge in [-0.1, -0.05) is 0 Å². The van der Waals surface area contributed by atoms with Crippen LogP contribution in [-0.2, 0) is 19.1 Å². The van der Waals surface area contributed by atoms with E-state index in [0.29, 0.717) is 13.2 Å². The molecule has 0 aromatic heterocycles. The van der Waals surface area contributed by atoms with Gasteiger partial charge in [0.1, 0.15) is 0 Å². The maximum absolute atomic E-state index is 11.5. The van der Waals surface area contributed by atoms with Crippen LogP contribution in [0.2, 0.25) is 0 Å². The zero-order valence-corrected chi connectivity index (χ0v) is 9.40. The number of carbonyl (C=O) groups excluding carboxylic acids is 2. The van der Waals surface area contributed by atoms with Gasteiger partial charge in [-0.25, -0.2) is 4.79 Å². The molecule has 0 saturated carbocycles. The average molecular weight is 230 g/mol. The Bertz CT molecular complexity index is 251. The van der Waals surface area contributed by atoms with Crippen molar-refractivity contribution in [1.29, 1.82) is 0 Å². The summed E-state index contributed by atoms with van der Waals surface area (Å²) in [4.78, 5) is 22.7. The zero-order chi connectivity index (χ0) is 12.0. The molecule has 0 spiro atoms. The molecule has 1 saturated heterocycles. The van der Waals surface area contributed by atoms with E-state index in [4.69, 9.17) is 10.5 Å². The number of hydrogen-bond acceptors (Lipinski definition) is 5. The first-order valence-electron chi connectivity index (χ1n) is 5.45. The predicted octanol–water partition coefficient (Wildman–Crippen LogP) is -0.828. The molecule has 1 fully saturated rings. The molecule has 92 valence electrons. The van der Waals surface area contributed by atoms with E-state index in [-0.39, 0.29) is 12.6 Å². The Kier molecular flexibility index (Phi) is 5.21. The quantitative estimate of drug-likeness (QED) is 0.486. The molecule has 3 N–H and O–H groups in total. The molecule has 0 bridgehead atoms. The number of amides is 1. The minimum Gasteiger partial charge on any atom is -0.464 e. The van der Waals surface area contributed by atoms with Gasteiger partial charge < -0.3 is 20.5 Å². The summed E-state index contributed by atoms with van der Waals surface area (Å²) in [6, 6.07) is -1.19. The van der Waals surface area contributed by atoms with Crippen LogP contribution >= 0.6 is 0 Å². The summed E-state index contributed by atoms with van der Waals surface area (Å²) in [5.41, 5.74) is 5.45. The van der Waals surface area contributed by atoms with Gasteiger partial charge in [0.2, 0.25) is 5.91 Å². The molecule has 1 aliphatic rings. The molecule has 1 amide bonds. The van der Waals surface area contributed by atoms with Gasteiger partial charge in [0.25, 0.3) is 0 Å². The lowest BCUT2D eigenvalue weighted by Crippen LogP contribution is -2.51. The SMILES string of the molecule is CCOC(=O)C(N)C(=O)NC1CCOCC1. The van der Waals surface area contributed by atoms with Gasteiger partial charge in [0, 0.05) is 19.3 Å². The summed E-state index contributed by atoms with van der Waals surface area (Å²) in [6.07, 6.45) is 1.50. The highest BCUT2D eigenvalue weighted by Gasteiger charge is 2.26. The highest BCUT2D eigenvalue weighted by molar-refractivity contribution is 6.01. The molecular weight excluding hydrogens is 212 g/mol. The maximum Gasteiger partial charge on any atom is 0.332 e. The van der Waals surface area contributed by atoms with Crippen molar-refractivity contribution < 1.29 is 19.1 Å². The Hall–Kier alpha value is -1.14. The fourth-order valence-electron chi connectivity index (χ4n) is 1.47. The third-order valence-electron chi connectivity index (χ3n) is 2.39. The molecule has 0 aromatic carbocycles. The maximum atomic E-state index is 11.5. The van der Waals surface area contributed by atoms with E-state index in [0.717, 1.165) is 12.8 Å². The van der Waals surface area contributed by atoms with E-state index in [9.17, 15) is 9.59 Å².